The van der Waals surface area contributed by atoms with Gasteiger partial charge in [-0.1, -0.05) is 35.9 Å². The maximum atomic E-state index is 13.4. The molecule has 8 heteroatoms. The van der Waals surface area contributed by atoms with E-state index in [1.54, 1.807) is 42.5 Å². The lowest BCUT2D eigenvalue weighted by molar-refractivity contribution is -0.129. The van der Waals surface area contributed by atoms with Gasteiger partial charge >= 0.3 is 11.9 Å². The van der Waals surface area contributed by atoms with Gasteiger partial charge in [0.25, 0.3) is 0 Å². The van der Waals surface area contributed by atoms with Crippen LogP contribution in [0.25, 0.3) is 6.08 Å². The number of ether oxygens (including phenoxy) is 3. The van der Waals surface area contributed by atoms with Crippen LogP contribution in [0.3, 0.4) is 0 Å². The van der Waals surface area contributed by atoms with E-state index in [9.17, 15) is 14.0 Å². The molecule has 0 saturated carbocycles. The Balaban J connectivity index is 1.59. The monoisotopic (exact) mass is 451 g/mol. The summed E-state index contributed by atoms with van der Waals surface area (Å²) in [5.41, 5.74) is 1.15. The Morgan fingerprint density at radius 3 is 2.62 bits per heavy atom. The first-order valence-electron chi connectivity index (χ1n) is 9.38. The third-order valence-corrected chi connectivity index (χ3v) is 4.81. The molecule has 0 radical (unpaired) electrons. The number of aliphatic imine (C=N–C) groups is 1. The van der Waals surface area contributed by atoms with Crippen molar-refractivity contribution in [1.29, 1.82) is 0 Å². The topological polar surface area (TPSA) is 74.2 Å². The van der Waals surface area contributed by atoms with Gasteiger partial charge < -0.3 is 14.2 Å². The second-order valence-electron chi connectivity index (χ2n) is 6.63. The molecule has 160 valence electrons. The van der Waals surface area contributed by atoms with Crippen LogP contribution in [0.1, 0.15) is 21.5 Å². The van der Waals surface area contributed by atoms with Crippen molar-refractivity contribution in [3.8, 4) is 11.5 Å². The Bertz CT molecular complexity index is 1280. The summed E-state index contributed by atoms with van der Waals surface area (Å²) in [7, 11) is 1.42. The van der Waals surface area contributed by atoms with E-state index in [0.29, 0.717) is 11.1 Å². The molecule has 0 N–H and O–H groups in total. The smallest absolute Gasteiger partial charge is 0.363 e. The van der Waals surface area contributed by atoms with Gasteiger partial charge in [0.05, 0.1) is 17.7 Å². The van der Waals surface area contributed by atoms with E-state index in [0.717, 1.165) is 0 Å². The molecule has 0 atom stereocenters. The summed E-state index contributed by atoms with van der Waals surface area (Å²) in [5, 5.41) is 0.268. The number of hydrogen-bond donors (Lipinski definition) is 0. The number of cyclic esters (lactones) is 1. The molecule has 0 bridgehead atoms. The number of rotatable bonds is 5. The molecule has 0 saturated heterocycles. The van der Waals surface area contributed by atoms with Crippen LogP contribution in [0.4, 0.5) is 4.39 Å². The lowest BCUT2D eigenvalue weighted by atomic mass is 10.1. The fourth-order valence-corrected chi connectivity index (χ4v) is 3.16. The zero-order chi connectivity index (χ0) is 22.7. The largest absolute Gasteiger partial charge is 0.493 e. The summed E-state index contributed by atoms with van der Waals surface area (Å²) in [6, 6.07) is 16.8. The molecular weight excluding hydrogens is 437 g/mol. The van der Waals surface area contributed by atoms with E-state index in [1.165, 1.54) is 37.5 Å². The van der Waals surface area contributed by atoms with Crippen molar-refractivity contribution in [3.05, 3.63) is 100.0 Å². The number of benzene rings is 3. The third-order valence-electron chi connectivity index (χ3n) is 4.48. The number of hydrogen-bond acceptors (Lipinski definition) is 6. The lowest BCUT2D eigenvalue weighted by Gasteiger charge is -2.10. The molecule has 32 heavy (non-hydrogen) atoms. The molecule has 0 unspecified atom stereocenters. The van der Waals surface area contributed by atoms with E-state index in [2.05, 4.69) is 4.99 Å². The minimum Gasteiger partial charge on any atom is -0.493 e. The normalized spacial score (nSPS) is 14.2. The molecule has 0 spiro atoms. The molecule has 0 aromatic heterocycles. The molecule has 4 rings (SSSR count). The highest BCUT2D eigenvalue weighted by atomic mass is 35.5. The average molecular weight is 452 g/mol. The number of carbonyl (C=O) groups excluding carboxylic acids is 2. The van der Waals surface area contributed by atoms with Gasteiger partial charge in [-0.05, 0) is 54.1 Å². The van der Waals surface area contributed by atoms with Crippen molar-refractivity contribution in [3.63, 3.8) is 0 Å². The maximum Gasteiger partial charge on any atom is 0.363 e. The Kier molecular flexibility index (Phi) is 6.00. The maximum absolute atomic E-state index is 13.4. The minimum absolute atomic E-state index is 0.0120. The number of carbonyl (C=O) groups is 2. The first-order valence-corrected chi connectivity index (χ1v) is 9.75. The van der Waals surface area contributed by atoms with E-state index in [-0.39, 0.29) is 33.7 Å². The molecule has 0 amide bonds. The Hall–Kier alpha value is -3.97. The Morgan fingerprint density at radius 1 is 1.06 bits per heavy atom. The highest BCUT2D eigenvalue weighted by Gasteiger charge is 2.24. The molecule has 1 aliphatic rings. The van der Waals surface area contributed by atoms with Gasteiger partial charge in [0.15, 0.2) is 17.2 Å². The highest BCUT2D eigenvalue weighted by molar-refractivity contribution is 6.33. The van der Waals surface area contributed by atoms with Gasteiger partial charge in [0, 0.05) is 5.56 Å². The second-order valence-corrected chi connectivity index (χ2v) is 7.03. The number of halogens is 2. The van der Waals surface area contributed by atoms with Gasteiger partial charge in [-0.2, -0.15) is 0 Å². The fourth-order valence-electron chi connectivity index (χ4n) is 2.95. The SMILES string of the molecule is COc1cc(/C=C2/N=C(c3cccc(F)c3)OC2=O)ccc1OC(=O)c1ccccc1Cl. The second kappa shape index (κ2) is 9.03. The van der Waals surface area contributed by atoms with Gasteiger partial charge in [-0.25, -0.2) is 19.0 Å². The summed E-state index contributed by atoms with van der Waals surface area (Å²) < 4.78 is 29.3. The molecule has 3 aromatic carbocycles. The van der Waals surface area contributed by atoms with E-state index >= 15 is 0 Å². The number of esters is 2. The van der Waals surface area contributed by atoms with E-state index < -0.39 is 17.8 Å². The van der Waals surface area contributed by atoms with E-state index in [1.807, 2.05) is 0 Å². The Labute approximate surface area is 187 Å². The van der Waals surface area contributed by atoms with Gasteiger partial charge in [0.2, 0.25) is 5.90 Å². The van der Waals surface area contributed by atoms with Crippen molar-refractivity contribution in [2.24, 2.45) is 4.99 Å². The zero-order valence-corrected chi connectivity index (χ0v) is 17.4. The molecule has 0 aliphatic carbocycles. The molecule has 6 nitrogen and oxygen atoms in total. The zero-order valence-electron chi connectivity index (χ0n) is 16.7. The molecule has 3 aromatic rings. The van der Waals surface area contributed by atoms with Crippen LogP contribution in [0.15, 0.2) is 77.4 Å². The quantitative estimate of drug-likeness (QED) is 0.308. The van der Waals surface area contributed by atoms with Crippen molar-refractivity contribution >= 4 is 35.5 Å². The summed E-state index contributed by atoms with van der Waals surface area (Å²) in [6.45, 7) is 0. The first-order chi connectivity index (χ1) is 15.4. The summed E-state index contributed by atoms with van der Waals surface area (Å²) in [6.07, 6.45) is 1.48. The standard InChI is InChI=1S/C24H15ClFNO5/c1-30-21-12-14(9-10-20(21)31-23(28)17-7-2-3-8-18(17)25)11-19-24(29)32-22(27-19)15-5-4-6-16(26)13-15/h2-13H,1H3/b19-11+. The van der Waals surface area contributed by atoms with Crippen LogP contribution < -0.4 is 9.47 Å². The van der Waals surface area contributed by atoms with Crippen molar-refractivity contribution in [1.82, 2.24) is 0 Å². The molecule has 1 heterocycles. The van der Waals surface area contributed by atoms with Gasteiger partial charge in [-0.3, -0.25) is 0 Å². The summed E-state index contributed by atoms with van der Waals surface area (Å²) in [5.74, 6) is -1.32. The number of nitrogens with zero attached hydrogens (tertiary/aromatic N) is 1. The van der Waals surface area contributed by atoms with Gasteiger partial charge in [0.1, 0.15) is 5.82 Å². The predicted octanol–water partition coefficient (Wildman–Crippen LogP) is 5.05. The fraction of sp³-hybridized carbons (Fsp3) is 0.0417. The van der Waals surface area contributed by atoms with Crippen LogP contribution in [0.5, 0.6) is 11.5 Å². The van der Waals surface area contributed by atoms with Crippen LogP contribution in [0, 0.1) is 5.82 Å². The predicted molar refractivity (Wildman–Crippen MR) is 116 cm³/mol. The number of methoxy groups -OCH3 is 1. The lowest BCUT2D eigenvalue weighted by Crippen LogP contribution is -2.09. The first kappa shape index (κ1) is 21.3. The van der Waals surface area contributed by atoms with Gasteiger partial charge in [-0.15, -0.1) is 0 Å². The Morgan fingerprint density at radius 2 is 1.88 bits per heavy atom. The average Bonchev–Trinajstić information content (AvgIpc) is 3.15. The van der Waals surface area contributed by atoms with Crippen LogP contribution in [-0.4, -0.2) is 24.9 Å². The highest BCUT2D eigenvalue weighted by Crippen LogP contribution is 2.31. The van der Waals surface area contributed by atoms with Crippen molar-refractivity contribution in [2.75, 3.05) is 7.11 Å². The van der Waals surface area contributed by atoms with Crippen molar-refractivity contribution in [2.45, 2.75) is 0 Å². The van der Waals surface area contributed by atoms with Crippen LogP contribution in [-0.2, 0) is 9.53 Å². The summed E-state index contributed by atoms with van der Waals surface area (Å²) in [4.78, 5) is 28.8. The van der Waals surface area contributed by atoms with E-state index in [4.69, 9.17) is 25.8 Å². The molecule has 1 aliphatic heterocycles. The van der Waals surface area contributed by atoms with Crippen molar-refractivity contribution < 1.29 is 28.2 Å². The van der Waals surface area contributed by atoms with Crippen LogP contribution in [0.2, 0.25) is 5.02 Å². The van der Waals surface area contributed by atoms with Crippen LogP contribution >= 0.6 is 11.6 Å². The minimum atomic E-state index is -0.669. The third kappa shape index (κ3) is 4.53. The molecular formula is C24H15ClFNO5. The molecule has 0 fully saturated rings. The summed E-state index contributed by atoms with van der Waals surface area (Å²) >= 11 is 6.04.